The van der Waals surface area contributed by atoms with Crippen molar-refractivity contribution in [2.45, 2.75) is 25.3 Å². The van der Waals surface area contributed by atoms with Gasteiger partial charge in [0, 0.05) is 18.9 Å². The fourth-order valence-electron chi connectivity index (χ4n) is 2.14. The van der Waals surface area contributed by atoms with Crippen LogP contribution in [0.2, 0.25) is 0 Å². The van der Waals surface area contributed by atoms with Crippen LogP contribution in [0, 0.1) is 6.92 Å². The quantitative estimate of drug-likeness (QED) is 0.715. The Labute approximate surface area is 110 Å². The van der Waals surface area contributed by atoms with Crippen molar-refractivity contribution in [3.8, 4) is 0 Å². The summed E-state index contributed by atoms with van der Waals surface area (Å²) in [5, 5.41) is 12.3. The second kappa shape index (κ2) is 5.54. The molecule has 1 aliphatic rings. The van der Waals surface area contributed by atoms with Crippen LogP contribution < -0.4 is 10.9 Å². The Hall–Kier alpha value is -1.66. The minimum atomic E-state index is -0.688. The molecule has 0 aliphatic carbocycles. The van der Waals surface area contributed by atoms with E-state index < -0.39 is 17.0 Å². The summed E-state index contributed by atoms with van der Waals surface area (Å²) in [6.07, 6.45) is 1.08. The predicted molar refractivity (Wildman–Crippen MR) is 69.1 cm³/mol. The highest BCUT2D eigenvalue weighted by molar-refractivity contribution is 5.94. The van der Waals surface area contributed by atoms with Crippen molar-refractivity contribution in [3.63, 3.8) is 0 Å². The Morgan fingerprint density at radius 1 is 1.47 bits per heavy atom. The van der Waals surface area contributed by atoms with E-state index in [1.807, 2.05) is 0 Å². The first-order chi connectivity index (χ1) is 9.06. The SMILES string of the molecule is Cc1ccc(C(=O)NC2(CO)CCOCC2)c(=O)[nH]1. The van der Waals surface area contributed by atoms with E-state index in [4.69, 9.17) is 4.74 Å². The first-order valence-electron chi connectivity index (χ1n) is 6.27. The maximum absolute atomic E-state index is 12.1. The van der Waals surface area contributed by atoms with Gasteiger partial charge in [-0.15, -0.1) is 0 Å². The molecule has 0 spiro atoms. The Kier molecular flexibility index (Phi) is 4.01. The summed E-state index contributed by atoms with van der Waals surface area (Å²) in [5.74, 6) is -0.461. The van der Waals surface area contributed by atoms with Crippen molar-refractivity contribution in [3.05, 3.63) is 33.7 Å². The number of pyridine rings is 1. The molecule has 0 aromatic carbocycles. The number of carbonyl (C=O) groups is 1. The molecule has 1 aliphatic heterocycles. The Morgan fingerprint density at radius 3 is 2.74 bits per heavy atom. The van der Waals surface area contributed by atoms with Gasteiger partial charge in [-0.1, -0.05) is 0 Å². The van der Waals surface area contributed by atoms with Gasteiger partial charge in [-0.25, -0.2) is 0 Å². The van der Waals surface area contributed by atoms with E-state index in [0.717, 1.165) is 0 Å². The van der Waals surface area contributed by atoms with E-state index in [0.29, 0.717) is 31.7 Å². The largest absolute Gasteiger partial charge is 0.394 e. The van der Waals surface area contributed by atoms with Gasteiger partial charge in [0.2, 0.25) is 0 Å². The van der Waals surface area contributed by atoms with Crippen molar-refractivity contribution >= 4 is 5.91 Å². The predicted octanol–water partition coefficient (Wildman–Crippen LogP) is -0.0454. The Bertz CT molecular complexity index is 518. The highest BCUT2D eigenvalue weighted by Gasteiger charge is 2.34. The van der Waals surface area contributed by atoms with Crippen LogP contribution in [0.15, 0.2) is 16.9 Å². The molecule has 1 aromatic heterocycles. The maximum Gasteiger partial charge on any atom is 0.260 e. The molecule has 6 nitrogen and oxygen atoms in total. The number of hydrogen-bond acceptors (Lipinski definition) is 4. The van der Waals surface area contributed by atoms with Crippen LogP contribution in [0.1, 0.15) is 28.9 Å². The summed E-state index contributed by atoms with van der Waals surface area (Å²) in [5.41, 5.74) is -0.348. The summed E-state index contributed by atoms with van der Waals surface area (Å²) in [4.78, 5) is 26.4. The fraction of sp³-hybridized carbons (Fsp3) is 0.538. The number of carbonyl (C=O) groups excluding carboxylic acids is 1. The number of hydrogen-bond donors (Lipinski definition) is 3. The topological polar surface area (TPSA) is 91.4 Å². The number of ether oxygens (including phenoxy) is 1. The molecule has 1 saturated heterocycles. The average Bonchev–Trinajstić information content (AvgIpc) is 2.39. The van der Waals surface area contributed by atoms with E-state index in [1.165, 1.54) is 6.07 Å². The number of nitrogens with one attached hydrogen (secondary N) is 2. The smallest absolute Gasteiger partial charge is 0.260 e. The van der Waals surface area contributed by atoms with E-state index in [-0.39, 0.29) is 12.2 Å². The van der Waals surface area contributed by atoms with E-state index in [2.05, 4.69) is 10.3 Å². The lowest BCUT2D eigenvalue weighted by Gasteiger charge is -2.36. The minimum Gasteiger partial charge on any atom is -0.394 e. The van der Waals surface area contributed by atoms with Crippen LogP contribution in [0.25, 0.3) is 0 Å². The molecular weight excluding hydrogens is 248 g/mol. The third-order valence-electron chi connectivity index (χ3n) is 3.43. The molecule has 1 amide bonds. The molecule has 2 heterocycles. The number of aromatic amines is 1. The molecule has 0 radical (unpaired) electrons. The zero-order valence-electron chi connectivity index (χ0n) is 10.9. The van der Waals surface area contributed by atoms with Gasteiger partial charge in [-0.3, -0.25) is 9.59 Å². The third-order valence-corrected chi connectivity index (χ3v) is 3.43. The molecule has 0 atom stereocenters. The van der Waals surface area contributed by atoms with Gasteiger partial charge in [-0.05, 0) is 31.9 Å². The minimum absolute atomic E-state index is 0.0601. The molecule has 0 unspecified atom stereocenters. The van der Waals surface area contributed by atoms with E-state index >= 15 is 0 Å². The second-order valence-corrected chi connectivity index (χ2v) is 4.89. The second-order valence-electron chi connectivity index (χ2n) is 4.89. The van der Waals surface area contributed by atoms with Crippen molar-refractivity contribution < 1.29 is 14.6 Å². The lowest BCUT2D eigenvalue weighted by Crippen LogP contribution is -2.55. The lowest BCUT2D eigenvalue weighted by molar-refractivity contribution is 0.0125. The normalized spacial score (nSPS) is 18.0. The molecule has 0 saturated carbocycles. The number of amides is 1. The van der Waals surface area contributed by atoms with Crippen molar-refractivity contribution in [2.75, 3.05) is 19.8 Å². The molecule has 3 N–H and O–H groups in total. The van der Waals surface area contributed by atoms with Crippen LogP contribution in [0.5, 0.6) is 0 Å². The summed E-state index contributed by atoms with van der Waals surface area (Å²) in [6.45, 7) is 2.57. The lowest BCUT2D eigenvalue weighted by atomic mass is 9.90. The van der Waals surface area contributed by atoms with Gasteiger partial charge < -0.3 is 20.1 Å². The van der Waals surface area contributed by atoms with Gasteiger partial charge in [0.1, 0.15) is 5.56 Å². The Morgan fingerprint density at radius 2 is 2.16 bits per heavy atom. The Balaban J connectivity index is 2.17. The summed E-state index contributed by atoms with van der Waals surface area (Å²) >= 11 is 0. The van der Waals surface area contributed by atoms with Crippen molar-refractivity contribution in [1.29, 1.82) is 0 Å². The van der Waals surface area contributed by atoms with Crippen LogP contribution in [0.4, 0.5) is 0 Å². The molecule has 0 bridgehead atoms. The number of H-pyrrole nitrogens is 1. The van der Waals surface area contributed by atoms with E-state index in [9.17, 15) is 14.7 Å². The number of aromatic nitrogens is 1. The van der Waals surface area contributed by atoms with Gasteiger partial charge in [-0.2, -0.15) is 0 Å². The molecule has 1 aromatic rings. The first kappa shape index (κ1) is 13.8. The number of rotatable bonds is 3. The fourth-order valence-corrected chi connectivity index (χ4v) is 2.14. The summed E-state index contributed by atoms with van der Waals surface area (Å²) in [7, 11) is 0. The molecule has 1 fully saturated rings. The molecule has 19 heavy (non-hydrogen) atoms. The maximum atomic E-state index is 12.1. The summed E-state index contributed by atoms with van der Waals surface area (Å²) in [6, 6.07) is 3.17. The molecule has 104 valence electrons. The van der Waals surface area contributed by atoms with Crippen LogP contribution in [0.3, 0.4) is 0 Å². The zero-order chi connectivity index (χ0) is 13.9. The number of aliphatic hydroxyl groups excluding tert-OH is 1. The van der Waals surface area contributed by atoms with Crippen molar-refractivity contribution in [2.24, 2.45) is 0 Å². The number of aliphatic hydroxyl groups is 1. The monoisotopic (exact) mass is 266 g/mol. The molecular formula is C13H18N2O4. The van der Waals surface area contributed by atoms with Crippen LogP contribution in [-0.2, 0) is 4.74 Å². The highest BCUT2D eigenvalue weighted by atomic mass is 16.5. The molecule has 6 heteroatoms. The zero-order valence-corrected chi connectivity index (χ0v) is 10.9. The van der Waals surface area contributed by atoms with Gasteiger partial charge in [0.25, 0.3) is 11.5 Å². The van der Waals surface area contributed by atoms with Gasteiger partial charge in [0.15, 0.2) is 0 Å². The standard InChI is InChI=1S/C13H18N2O4/c1-9-2-3-10(11(17)14-9)12(18)15-13(8-16)4-6-19-7-5-13/h2-3,16H,4-8H2,1H3,(H,14,17)(H,15,18). The first-order valence-corrected chi connectivity index (χ1v) is 6.27. The van der Waals surface area contributed by atoms with Gasteiger partial charge in [0.05, 0.1) is 12.1 Å². The average molecular weight is 266 g/mol. The van der Waals surface area contributed by atoms with Crippen LogP contribution in [-0.4, -0.2) is 41.4 Å². The molecule has 2 rings (SSSR count). The third kappa shape index (κ3) is 3.02. The van der Waals surface area contributed by atoms with Crippen molar-refractivity contribution in [1.82, 2.24) is 10.3 Å². The van der Waals surface area contributed by atoms with Gasteiger partial charge >= 0.3 is 0 Å². The highest BCUT2D eigenvalue weighted by Crippen LogP contribution is 2.20. The van der Waals surface area contributed by atoms with Crippen LogP contribution >= 0.6 is 0 Å². The van der Waals surface area contributed by atoms with E-state index in [1.54, 1.807) is 13.0 Å². The number of aryl methyl sites for hydroxylation is 1. The summed E-state index contributed by atoms with van der Waals surface area (Å²) < 4.78 is 5.22.